The number of methoxy groups -OCH3 is 1. The van der Waals surface area contributed by atoms with Crippen molar-refractivity contribution in [1.29, 1.82) is 0 Å². The Balaban J connectivity index is 2.16. The van der Waals surface area contributed by atoms with Gasteiger partial charge in [0.2, 0.25) is 16.4 Å². The van der Waals surface area contributed by atoms with E-state index in [-0.39, 0.29) is 5.41 Å². The Hall–Kier alpha value is -3.30. The lowest BCUT2D eigenvalue weighted by molar-refractivity contribution is -0.0639. The Kier molecular flexibility index (Phi) is 9.35. The van der Waals surface area contributed by atoms with E-state index in [1.807, 2.05) is 82.9 Å². The van der Waals surface area contributed by atoms with Gasteiger partial charge in [-0.1, -0.05) is 45.1 Å². The molecule has 0 saturated carbocycles. The molecular formula is C32H45N3O5S. The van der Waals surface area contributed by atoms with Crippen LogP contribution in [-0.2, 0) is 24.9 Å². The van der Waals surface area contributed by atoms with Gasteiger partial charge in [-0.05, 0) is 76.8 Å². The number of nitrogens with zero attached hydrogens (tertiary/aromatic N) is 2. The summed E-state index contributed by atoms with van der Waals surface area (Å²) < 4.78 is 44.4. The molecule has 224 valence electrons. The lowest BCUT2D eigenvalue weighted by Crippen LogP contribution is -2.44. The van der Waals surface area contributed by atoms with Gasteiger partial charge in [-0.2, -0.15) is 0 Å². The van der Waals surface area contributed by atoms with Crippen molar-refractivity contribution in [2.75, 3.05) is 23.0 Å². The van der Waals surface area contributed by atoms with Crippen molar-refractivity contribution in [3.63, 3.8) is 0 Å². The fraction of sp³-hybridized carbons (Fsp3) is 0.469. The minimum absolute atomic E-state index is 0.239. The standard InChI is InChI=1S/C32H45N3O5S/c1-30(2,3)26-21-25(35-27(39-31(4,5)6)18-19-33-29(35)40-32(7,8)9)20-23(28(26)38-10)15-12-22-13-16-24(17-14-22)34-41(11,36)37/h12-21,29,34H,1-11H3/b15-12+. The summed E-state index contributed by atoms with van der Waals surface area (Å²) in [6.07, 6.45) is 8.05. The number of allylic oxidation sites excluding steroid dienone is 1. The molecule has 3 rings (SSSR count). The summed E-state index contributed by atoms with van der Waals surface area (Å²) in [5.74, 6) is 1.40. The van der Waals surface area contributed by atoms with Crippen LogP contribution in [0.5, 0.6) is 5.75 Å². The minimum atomic E-state index is -3.34. The summed E-state index contributed by atoms with van der Waals surface area (Å²) in [5.41, 5.74) is 3.01. The van der Waals surface area contributed by atoms with Crippen LogP contribution in [0.4, 0.5) is 11.4 Å². The van der Waals surface area contributed by atoms with Crippen molar-refractivity contribution < 1.29 is 22.6 Å². The summed E-state index contributed by atoms with van der Waals surface area (Å²) >= 11 is 0. The van der Waals surface area contributed by atoms with Crippen molar-refractivity contribution in [2.24, 2.45) is 4.99 Å². The molecule has 1 atom stereocenters. The van der Waals surface area contributed by atoms with Gasteiger partial charge >= 0.3 is 0 Å². The topological polar surface area (TPSA) is 89.5 Å². The van der Waals surface area contributed by atoms with Crippen molar-refractivity contribution >= 4 is 39.8 Å². The molecule has 41 heavy (non-hydrogen) atoms. The summed E-state index contributed by atoms with van der Waals surface area (Å²) in [6.45, 7) is 18.5. The molecule has 0 radical (unpaired) electrons. The van der Waals surface area contributed by atoms with Gasteiger partial charge in [-0.15, -0.1) is 0 Å². The van der Waals surface area contributed by atoms with E-state index in [2.05, 4.69) is 36.6 Å². The minimum Gasteiger partial charge on any atom is -0.496 e. The molecular weight excluding hydrogens is 538 g/mol. The highest BCUT2D eigenvalue weighted by Crippen LogP contribution is 2.41. The van der Waals surface area contributed by atoms with E-state index >= 15 is 0 Å². The maximum atomic E-state index is 11.6. The average molecular weight is 584 g/mol. The Morgan fingerprint density at radius 1 is 0.927 bits per heavy atom. The average Bonchev–Trinajstić information content (AvgIpc) is 2.79. The number of ether oxygens (including phenoxy) is 3. The molecule has 2 aromatic carbocycles. The molecule has 0 amide bonds. The SMILES string of the molecule is COc1c(/C=C/c2ccc(NS(C)(=O)=O)cc2)cc(N2C(OC(C)(C)C)=CC=NC2OC(C)(C)C)cc1C(C)(C)C. The maximum Gasteiger partial charge on any atom is 0.235 e. The molecule has 0 aliphatic carbocycles. The van der Waals surface area contributed by atoms with Crippen LogP contribution in [0.1, 0.15) is 79.0 Å². The number of aliphatic imine (C=N–C) groups is 1. The third-order valence-corrected chi connectivity index (χ3v) is 6.43. The fourth-order valence-corrected chi connectivity index (χ4v) is 4.80. The molecule has 2 aromatic rings. The number of hydrogen-bond donors (Lipinski definition) is 1. The molecule has 9 heteroatoms. The van der Waals surface area contributed by atoms with E-state index in [4.69, 9.17) is 14.2 Å². The number of hydrogen-bond acceptors (Lipinski definition) is 7. The number of sulfonamides is 1. The van der Waals surface area contributed by atoms with Crippen LogP contribution in [0.15, 0.2) is 53.3 Å². The van der Waals surface area contributed by atoms with Gasteiger partial charge in [-0.25, -0.2) is 13.4 Å². The van der Waals surface area contributed by atoms with Crippen LogP contribution in [0.25, 0.3) is 12.2 Å². The van der Waals surface area contributed by atoms with Crippen LogP contribution < -0.4 is 14.4 Å². The predicted octanol–water partition coefficient (Wildman–Crippen LogP) is 7.18. The first-order chi connectivity index (χ1) is 18.8. The highest BCUT2D eigenvalue weighted by atomic mass is 32.2. The Bertz CT molecular complexity index is 1420. The fourth-order valence-electron chi connectivity index (χ4n) is 4.23. The highest BCUT2D eigenvalue weighted by molar-refractivity contribution is 7.92. The second-order valence-electron chi connectivity index (χ2n) is 13.1. The highest BCUT2D eigenvalue weighted by Gasteiger charge is 2.33. The van der Waals surface area contributed by atoms with Crippen LogP contribution in [-0.4, -0.2) is 45.6 Å². The van der Waals surface area contributed by atoms with Crippen LogP contribution >= 0.6 is 0 Å². The van der Waals surface area contributed by atoms with Gasteiger partial charge in [0.25, 0.3) is 0 Å². The first-order valence-corrected chi connectivity index (χ1v) is 15.5. The van der Waals surface area contributed by atoms with Crippen LogP contribution in [0, 0.1) is 0 Å². The normalized spacial score (nSPS) is 16.6. The van der Waals surface area contributed by atoms with Crippen molar-refractivity contribution in [3.8, 4) is 5.75 Å². The molecule has 1 aliphatic heterocycles. The predicted molar refractivity (Wildman–Crippen MR) is 170 cm³/mol. The van der Waals surface area contributed by atoms with Gasteiger partial charge in [0.05, 0.1) is 19.0 Å². The monoisotopic (exact) mass is 583 g/mol. The van der Waals surface area contributed by atoms with Crippen LogP contribution in [0.2, 0.25) is 0 Å². The molecule has 8 nitrogen and oxygen atoms in total. The second-order valence-corrected chi connectivity index (χ2v) is 14.9. The van der Waals surface area contributed by atoms with E-state index in [0.717, 1.165) is 34.4 Å². The Morgan fingerprint density at radius 3 is 2.07 bits per heavy atom. The summed E-state index contributed by atoms with van der Waals surface area (Å²) in [6, 6.07) is 11.3. The Morgan fingerprint density at radius 2 is 1.56 bits per heavy atom. The Labute approximate surface area is 246 Å². The number of anilines is 2. The first kappa shape index (κ1) is 32.2. The molecule has 0 aromatic heterocycles. The molecule has 1 N–H and O–H groups in total. The quantitative estimate of drug-likeness (QED) is 0.331. The summed E-state index contributed by atoms with van der Waals surface area (Å²) in [7, 11) is -1.67. The lowest BCUT2D eigenvalue weighted by atomic mass is 9.84. The van der Waals surface area contributed by atoms with E-state index in [0.29, 0.717) is 11.6 Å². The number of nitrogens with one attached hydrogen (secondary N) is 1. The smallest absolute Gasteiger partial charge is 0.235 e. The zero-order valence-corrected chi connectivity index (χ0v) is 27.0. The zero-order valence-electron chi connectivity index (χ0n) is 26.2. The van der Waals surface area contributed by atoms with Crippen molar-refractivity contribution in [2.45, 2.75) is 85.3 Å². The summed E-state index contributed by atoms with van der Waals surface area (Å²) in [5, 5.41) is 0. The van der Waals surface area contributed by atoms with E-state index in [1.165, 1.54) is 0 Å². The molecule has 1 unspecified atom stereocenters. The lowest BCUT2D eigenvalue weighted by Gasteiger charge is -2.40. The van der Waals surface area contributed by atoms with E-state index in [1.54, 1.807) is 25.5 Å². The van der Waals surface area contributed by atoms with Gasteiger partial charge in [0.15, 0.2) is 5.88 Å². The maximum absolute atomic E-state index is 11.6. The molecule has 0 saturated heterocycles. The van der Waals surface area contributed by atoms with Crippen molar-refractivity contribution in [1.82, 2.24) is 0 Å². The molecule has 0 fully saturated rings. The third kappa shape index (κ3) is 9.36. The number of benzene rings is 2. The van der Waals surface area contributed by atoms with E-state index < -0.39 is 27.6 Å². The summed E-state index contributed by atoms with van der Waals surface area (Å²) in [4.78, 5) is 6.65. The molecule has 0 spiro atoms. The molecule has 1 aliphatic rings. The van der Waals surface area contributed by atoms with Crippen LogP contribution in [0.3, 0.4) is 0 Å². The third-order valence-electron chi connectivity index (χ3n) is 5.82. The van der Waals surface area contributed by atoms with E-state index in [9.17, 15) is 8.42 Å². The van der Waals surface area contributed by atoms with Gasteiger partial charge in [0, 0.05) is 34.8 Å². The first-order valence-electron chi connectivity index (χ1n) is 13.6. The largest absolute Gasteiger partial charge is 0.496 e. The van der Waals surface area contributed by atoms with Gasteiger partial charge in [0.1, 0.15) is 11.4 Å². The second kappa shape index (κ2) is 11.9. The number of rotatable bonds is 8. The van der Waals surface area contributed by atoms with Gasteiger partial charge < -0.3 is 14.2 Å². The van der Waals surface area contributed by atoms with Gasteiger partial charge in [-0.3, -0.25) is 9.62 Å². The molecule has 1 heterocycles. The van der Waals surface area contributed by atoms with Crippen molar-refractivity contribution in [3.05, 3.63) is 65.0 Å². The zero-order chi connectivity index (χ0) is 30.8. The molecule has 0 bridgehead atoms.